The number of nitrogens with one attached hydrogen (secondary N) is 2. The second kappa shape index (κ2) is 8.51. The van der Waals surface area contributed by atoms with Crippen LogP contribution in [0.5, 0.6) is 0 Å². The number of aromatic nitrogens is 1. The molecule has 1 saturated heterocycles. The van der Waals surface area contributed by atoms with E-state index in [1.165, 1.54) is 18.3 Å². The van der Waals surface area contributed by atoms with E-state index < -0.39 is 48.2 Å². The third-order valence-electron chi connectivity index (χ3n) is 4.25. The Morgan fingerprint density at radius 2 is 2.00 bits per heavy atom. The van der Waals surface area contributed by atoms with Crippen molar-refractivity contribution in [2.45, 2.75) is 44.4 Å². The molecular weight excluding hydrogens is 436 g/mol. The van der Waals surface area contributed by atoms with E-state index in [4.69, 9.17) is 5.73 Å². The molecule has 0 aliphatic carbocycles. The fraction of sp³-hybridized carbons (Fsp3) is 0.471. The molecule has 2 rings (SSSR count). The molecular formula is C17H19F6N5O3. The van der Waals surface area contributed by atoms with Crippen LogP contribution in [0.2, 0.25) is 0 Å². The van der Waals surface area contributed by atoms with Gasteiger partial charge in [-0.05, 0) is 31.5 Å². The van der Waals surface area contributed by atoms with E-state index in [0.717, 1.165) is 18.7 Å². The largest absolute Gasteiger partial charge is 0.484 e. The smallest absolute Gasteiger partial charge is 0.427 e. The third kappa shape index (κ3) is 6.15. The zero-order chi connectivity index (χ0) is 23.6. The van der Waals surface area contributed by atoms with Crippen molar-refractivity contribution in [3.63, 3.8) is 0 Å². The molecule has 0 unspecified atom stereocenters. The monoisotopic (exact) mass is 455 g/mol. The molecule has 172 valence electrons. The van der Waals surface area contributed by atoms with Crippen LogP contribution in [0, 0.1) is 0 Å². The van der Waals surface area contributed by atoms with Crippen molar-refractivity contribution in [2.75, 3.05) is 11.9 Å². The summed E-state index contributed by atoms with van der Waals surface area (Å²) >= 11 is 0. The maximum Gasteiger partial charge on any atom is 0.427 e. The number of hydrogen-bond donors (Lipinski definition) is 3. The van der Waals surface area contributed by atoms with Gasteiger partial charge in [0.2, 0.25) is 0 Å². The third-order valence-corrected chi connectivity index (χ3v) is 4.25. The van der Waals surface area contributed by atoms with Gasteiger partial charge >= 0.3 is 18.4 Å². The lowest BCUT2D eigenvalue weighted by atomic mass is 10.1. The van der Waals surface area contributed by atoms with Crippen molar-refractivity contribution in [1.82, 2.24) is 15.2 Å². The van der Waals surface area contributed by atoms with E-state index in [-0.39, 0.29) is 12.4 Å². The number of urea groups is 1. The highest BCUT2D eigenvalue weighted by molar-refractivity contribution is 6.02. The molecule has 1 aliphatic rings. The average molecular weight is 455 g/mol. The van der Waals surface area contributed by atoms with Crippen molar-refractivity contribution < 1.29 is 40.7 Å². The van der Waals surface area contributed by atoms with Crippen molar-refractivity contribution in [2.24, 2.45) is 5.73 Å². The van der Waals surface area contributed by atoms with Gasteiger partial charge in [-0.1, -0.05) is 0 Å². The van der Waals surface area contributed by atoms with Crippen LogP contribution in [0.1, 0.15) is 19.4 Å². The summed E-state index contributed by atoms with van der Waals surface area (Å²) in [4.78, 5) is 28.5. The highest BCUT2D eigenvalue weighted by Crippen LogP contribution is 2.33. The zero-order valence-corrected chi connectivity index (χ0v) is 16.3. The molecule has 1 aromatic rings. The average Bonchev–Trinajstić information content (AvgIpc) is 3.00. The standard InChI is InChI=1S/C17H19F6N5O3/c1-15(2,17(21,22)23)31-8-10(24)13(29)27-12-5-9(3-4-25-12)6-28-7-11(16(18,19)20)26-14(28)30/h3-5,8,11H,6-7,24H2,1-2H3,(H,26,30)(H,25,27,29)/t11-/m0/s1. The minimum Gasteiger partial charge on any atom is -0.484 e. The number of carbonyl (C=O) groups is 2. The molecule has 4 N–H and O–H groups in total. The Hall–Kier alpha value is -3.19. The lowest BCUT2D eigenvalue weighted by molar-refractivity contribution is -0.247. The van der Waals surface area contributed by atoms with E-state index in [1.807, 2.05) is 5.32 Å². The van der Waals surface area contributed by atoms with Gasteiger partial charge in [-0.2, -0.15) is 26.3 Å². The number of halogens is 6. The lowest BCUT2D eigenvalue weighted by Gasteiger charge is -2.27. The molecule has 0 radical (unpaired) electrons. The molecule has 0 spiro atoms. The number of nitrogens with two attached hydrogens (primary N) is 1. The lowest BCUT2D eigenvalue weighted by Crippen LogP contribution is -2.40. The number of nitrogens with zero attached hydrogens (tertiary/aromatic N) is 2. The van der Waals surface area contributed by atoms with Crippen molar-refractivity contribution >= 4 is 17.8 Å². The second-order valence-electron chi connectivity index (χ2n) is 7.13. The maximum atomic E-state index is 12.8. The van der Waals surface area contributed by atoms with Gasteiger partial charge in [-0.15, -0.1) is 0 Å². The van der Waals surface area contributed by atoms with Gasteiger partial charge in [0.1, 0.15) is 23.8 Å². The maximum absolute atomic E-state index is 12.8. The summed E-state index contributed by atoms with van der Waals surface area (Å²) in [5.41, 5.74) is 2.52. The molecule has 3 amide bonds. The van der Waals surface area contributed by atoms with Gasteiger partial charge in [0.25, 0.3) is 5.91 Å². The molecule has 1 atom stereocenters. The molecule has 0 bridgehead atoms. The summed E-state index contributed by atoms with van der Waals surface area (Å²) in [7, 11) is 0. The van der Waals surface area contributed by atoms with Gasteiger partial charge in [0.15, 0.2) is 5.60 Å². The summed E-state index contributed by atoms with van der Waals surface area (Å²) in [6.45, 7) is 0.710. The van der Waals surface area contributed by atoms with Gasteiger partial charge in [0.05, 0.1) is 6.54 Å². The number of carbonyl (C=O) groups excluding carboxylic acids is 2. The fourth-order valence-corrected chi connectivity index (χ4v) is 2.29. The first-order valence-electron chi connectivity index (χ1n) is 8.69. The van der Waals surface area contributed by atoms with Crippen LogP contribution < -0.4 is 16.4 Å². The summed E-state index contributed by atoms with van der Waals surface area (Å²) in [5, 5.41) is 4.04. The van der Waals surface area contributed by atoms with Gasteiger partial charge in [-0.25, -0.2) is 9.78 Å². The minimum atomic E-state index is -4.71. The number of hydrogen-bond acceptors (Lipinski definition) is 5. The molecule has 0 saturated carbocycles. The van der Waals surface area contributed by atoms with Crippen molar-refractivity contribution in [3.8, 4) is 0 Å². The predicted molar refractivity (Wildman–Crippen MR) is 95.1 cm³/mol. The van der Waals surface area contributed by atoms with E-state index in [2.05, 4.69) is 15.0 Å². The fourth-order valence-electron chi connectivity index (χ4n) is 2.29. The highest BCUT2D eigenvalue weighted by atomic mass is 19.4. The first-order valence-corrected chi connectivity index (χ1v) is 8.69. The minimum absolute atomic E-state index is 0.0825. The highest BCUT2D eigenvalue weighted by Gasteiger charge is 2.49. The molecule has 31 heavy (non-hydrogen) atoms. The van der Waals surface area contributed by atoms with E-state index in [1.54, 1.807) is 0 Å². The molecule has 8 nitrogen and oxygen atoms in total. The first-order chi connectivity index (χ1) is 14.1. The number of anilines is 1. The van der Waals surface area contributed by atoms with Crippen LogP contribution >= 0.6 is 0 Å². The normalized spacial score (nSPS) is 18.1. The van der Waals surface area contributed by atoms with Crippen molar-refractivity contribution in [1.29, 1.82) is 0 Å². The van der Waals surface area contributed by atoms with Crippen molar-refractivity contribution in [3.05, 3.63) is 35.9 Å². The van der Waals surface area contributed by atoms with Crippen LogP contribution in [-0.4, -0.2) is 52.4 Å². The van der Waals surface area contributed by atoms with Crippen LogP contribution in [0.15, 0.2) is 30.3 Å². The number of pyridine rings is 1. The Kier molecular flexibility index (Phi) is 6.61. The summed E-state index contributed by atoms with van der Waals surface area (Å²) in [6, 6.07) is -0.203. The van der Waals surface area contributed by atoms with Gasteiger partial charge in [-0.3, -0.25) is 4.79 Å². The zero-order valence-electron chi connectivity index (χ0n) is 16.3. The van der Waals surface area contributed by atoms with Crippen LogP contribution in [0.4, 0.5) is 37.0 Å². The van der Waals surface area contributed by atoms with Crippen LogP contribution in [-0.2, 0) is 16.1 Å². The Bertz CT molecular complexity index is 869. The second-order valence-corrected chi connectivity index (χ2v) is 7.13. The number of rotatable bonds is 6. The van der Waals surface area contributed by atoms with E-state index >= 15 is 0 Å². The molecule has 1 fully saturated rings. The number of alkyl halides is 6. The molecule has 0 aromatic carbocycles. The van der Waals surface area contributed by atoms with Gasteiger partial charge < -0.3 is 26.0 Å². The molecule has 1 aromatic heterocycles. The number of amides is 3. The SMILES string of the molecule is CC(C)(OC=C(N)C(=O)Nc1cc(CN2C[C@@H](C(F)(F)F)NC2=O)ccn1)C(F)(F)F. The van der Waals surface area contributed by atoms with Crippen LogP contribution in [0.3, 0.4) is 0 Å². The summed E-state index contributed by atoms with van der Waals surface area (Å²) in [5.74, 6) is -1.10. The summed E-state index contributed by atoms with van der Waals surface area (Å²) in [6.07, 6.45) is -7.61. The predicted octanol–water partition coefficient (Wildman–Crippen LogP) is 2.63. The quantitative estimate of drug-likeness (QED) is 0.347. The first kappa shape index (κ1) is 24.1. The number of ether oxygens (including phenoxy) is 1. The topological polar surface area (TPSA) is 110 Å². The Morgan fingerprint density at radius 3 is 2.55 bits per heavy atom. The Balaban J connectivity index is 2.01. The van der Waals surface area contributed by atoms with Crippen LogP contribution in [0.25, 0.3) is 0 Å². The Morgan fingerprint density at radius 1 is 1.35 bits per heavy atom. The molecule has 14 heteroatoms. The Labute approximate surface area is 172 Å². The summed E-state index contributed by atoms with van der Waals surface area (Å²) < 4.78 is 81.0. The molecule has 2 heterocycles. The molecule has 1 aliphatic heterocycles. The van der Waals surface area contributed by atoms with Gasteiger partial charge in [0, 0.05) is 12.7 Å². The van der Waals surface area contributed by atoms with E-state index in [0.29, 0.717) is 11.8 Å². The van der Waals surface area contributed by atoms with E-state index in [9.17, 15) is 35.9 Å².